The van der Waals surface area contributed by atoms with Gasteiger partial charge in [0.15, 0.2) is 0 Å². The van der Waals surface area contributed by atoms with E-state index in [1.54, 1.807) is 6.08 Å². The lowest BCUT2D eigenvalue weighted by Gasteiger charge is -2.28. The first-order valence-corrected chi connectivity index (χ1v) is 8.35. The predicted molar refractivity (Wildman–Crippen MR) is 98.0 cm³/mol. The Morgan fingerprint density at radius 2 is 1.48 bits per heavy atom. The van der Waals surface area contributed by atoms with Crippen LogP contribution < -0.4 is 0 Å². The highest BCUT2D eigenvalue weighted by Crippen LogP contribution is 2.16. The molecule has 1 N–H and O–H groups in total. The quantitative estimate of drug-likeness (QED) is 0.531. The van der Waals surface area contributed by atoms with Crippen molar-refractivity contribution in [2.45, 2.75) is 32.0 Å². The van der Waals surface area contributed by atoms with E-state index in [0.29, 0.717) is 25.9 Å². The summed E-state index contributed by atoms with van der Waals surface area (Å²) in [5, 5.41) is 8.67. The van der Waals surface area contributed by atoms with Gasteiger partial charge < -0.3 is 9.90 Å². The molecule has 0 bridgehead atoms. The lowest BCUT2D eigenvalue weighted by molar-refractivity contribution is -0.131. The average molecular weight is 337 g/mol. The summed E-state index contributed by atoms with van der Waals surface area (Å²) in [6, 6.07) is 19.8. The summed E-state index contributed by atoms with van der Waals surface area (Å²) < 4.78 is 0. The third kappa shape index (κ3) is 6.73. The summed E-state index contributed by atoms with van der Waals surface area (Å²) in [5.41, 5.74) is 2.29. The van der Waals surface area contributed by atoms with Crippen molar-refractivity contribution in [3.63, 3.8) is 0 Å². The van der Waals surface area contributed by atoms with Crippen molar-refractivity contribution >= 4 is 12.3 Å². The van der Waals surface area contributed by atoms with Gasteiger partial charge in [-0.05, 0) is 24.0 Å². The molecule has 2 rings (SSSR count). The smallest absolute Gasteiger partial charge is 0.327 e. The van der Waals surface area contributed by atoms with Crippen LogP contribution in [0.1, 0.15) is 24.0 Å². The number of benzene rings is 2. The molecule has 4 nitrogen and oxygen atoms in total. The SMILES string of the molecule is O=C[C@@H](CC/C=C/C(=O)O)N(Cc1ccccc1)Cc1ccccc1. The molecule has 4 heteroatoms. The molecule has 2 aromatic rings. The van der Waals surface area contributed by atoms with Crippen LogP contribution in [0.3, 0.4) is 0 Å². The number of allylic oxidation sites excluding steroid dienone is 1. The van der Waals surface area contributed by atoms with Crippen molar-refractivity contribution in [2.24, 2.45) is 0 Å². The van der Waals surface area contributed by atoms with Gasteiger partial charge in [-0.3, -0.25) is 4.90 Å². The van der Waals surface area contributed by atoms with Gasteiger partial charge >= 0.3 is 5.97 Å². The van der Waals surface area contributed by atoms with E-state index in [4.69, 9.17) is 5.11 Å². The number of aliphatic carboxylic acids is 1. The second-order valence-electron chi connectivity index (χ2n) is 5.90. The fraction of sp³-hybridized carbons (Fsp3) is 0.238. The number of hydrogen-bond donors (Lipinski definition) is 1. The van der Waals surface area contributed by atoms with Crippen molar-refractivity contribution in [3.05, 3.63) is 83.9 Å². The molecule has 2 aromatic carbocycles. The molecule has 130 valence electrons. The van der Waals surface area contributed by atoms with Gasteiger partial charge in [-0.2, -0.15) is 0 Å². The van der Waals surface area contributed by atoms with Gasteiger partial charge in [0.1, 0.15) is 6.29 Å². The second kappa shape index (κ2) is 10.2. The molecule has 0 aliphatic heterocycles. The molecule has 0 heterocycles. The largest absolute Gasteiger partial charge is 0.478 e. The number of nitrogens with zero attached hydrogens (tertiary/aromatic N) is 1. The molecule has 0 saturated heterocycles. The van der Waals surface area contributed by atoms with Crippen molar-refractivity contribution in [3.8, 4) is 0 Å². The van der Waals surface area contributed by atoms with Crippen LogP contribution in [0.5, 0.6) is 0 Å². The molecule has 0 saturated carbocycles. The fourth-order valence-corrected chi connectivity index (χ4v) is 2.71. The summed E-state index contributed by atoms with van der Waals surface area (Å²) in [6.45, 7) is 1.34. The zero-order valence-corrected chi connectivity index (χ0v) is 14.1. The van der Waals surface area contributed by atoms with Crippen LogP contribution in [0, 0.1) is 0 Å². The minimum Gasteiger partial charge on any atom is -0.478 e. The second-order valence-corrected chi connectivity index (χ2v) is 5.90. The number of carboxylic acids is 1. The fourth-order valence-electron chi connectivity index (χ4n) is 2.71. The van der Waals surface area contributed by atoms with E-state index >= 15 is 0 Å². The third-order valence-electron chi connectivity index (χ3n) is 3.97. The summed E-state index contributed by atoms with van der Waals surface area (Å²) >= 11 is 0. The Bertz CT molecular complexity index is 641. The number of carboxylic acid groups (broad SMARTS) is 1. The molecule has 0 unspecified atom stereocenters. The number of rotatable bonds is 10. The minimum atomic E-state index is -0.965. The molecule has 0 radical (unpaired) electrons. The van der Waals surface area contributed by atoms with Gasteiger partial charge in [-0.15, -0.1) is 0 Å². The number of carbonyl (C=O) groups excluding carboxylic acids is 1. The first-order chi connectivity index (χ1) is 12.2. The van der Waals surface area contributed by atoms with Crippen LogP contribution in [0.15, 0.2) is 72.8 Å². The third-order valence-corrected chi connectivity index (χ3v) is 3.97. The maximum Gasteiger partial charge on any atom is 0.327 e. The number of aldehydes is 1. The zero-order valence-electron chi connectivity index (χ0n) is 14.1. The number of hydrogen-bond acceptors (Lipinski definition) is 3. The molecular weight excluding hydrogens is 314 g/mol. The maximum absolute atomic E-state index is 11.7. The van der Waals surface area contributed by atoms with E-state index in [2.05, 4.69) is 4.90 Å². The van der Waals surface area contributed by atoms with Crippen molar-refractivity contribution in [1.82, 2.24) is 4.90 Å². The van der Waals surface area contributed by atoms with Crippen molar-refractivity contribution in [1.29, 1.82) is 0 Å². The molecule has 0 amide bonds. The van der Waals surface area contributed by atoms with Gasteiger partial charge in [0.2, 0.25) is 0 Å². The summed E-state index contributed by atoms with van der Waals surface area (Å²) in [4.78, 5) is 24.4. The Morgan fingerprint density at radius 3 is 1.92 bits per heavy atom. The van der Waals surface area contributed by atoms with Gasteiger partial charge in [0, 0.05) is 19.2 Å². The van der Waals surface area contributed by atoms with E-state index in [0.717, 1.165) is 23.5 Å². The molecule has 25 heavy (non-hydrogen) atoms. The summed E-state index contributed by atoms with van der Waals surface area (Å²) in [5.74, 6) is -0.965. The van der Waals surface area contributed by atoms with E-state index < -0.39 is 5.97 Å². The van der Waals surface area contributed by atoms with Crippen LogP contribution in [-0.4, -0.2) is 28.3 Å². The highest BCUT2D eigenvalue weighted by Gasteiger charge is 2.18. The standard InChI is InChI=1S/C21H23NO3/c23-17-20(13-7-8-14-21(24)25)22(15-18-9-3-1-4-10-18)16-19-11-5-2-6-12-19/h1-6,8-12,14,17,20H,7,13,15-16H2,(H,24,25)/b14-8+/t20-/m1/s1. The predicted octanol–water partition coefficient (Wildman–Crippen LogP) is 3.68. The van der Waals surface area contributed by atoms with Crippen LogP contribution >= 0.6 is 0 Å². The van der Waals surface area contributed by atoms with Crippen LogP contribution in [0.25, 0.3) is 0 Å². The first-order valence-electron chi connectivity index (χ1n) is 8.35. The van der Waals surface area contributed by atoms with Gasteiger partial charge in [0.05, 0.1) is 6.04 Å². The highest BCUT2D eigenvalue weighted by molar-refractivity contribution is 5.79. The molecular formula is C21H23NO3. The van der Waals surface area contributed by atoms with Crippen LogP contribution in [-0.2, 0) is 22.7 Å². The maximum atomic E-state index is 11.7. The van der Waals surface area contributed by atoms with E-state index in [1.807, 2.05) is 60.7 Å². The first kappa shape index (κ1) is 18.6. The van der Waals surface area contributed by atoms with Gasteiger partial charge in [0.25, 0.3) is 0 Å². The lowest BCUT2D eigenvalue weighted by Crippen LogP contribution is -2.35. The van der Waals surface area contributed by atoms with Crippen LogP contribution in [0.4, 0.5) is 0 Å². The normalized spacial score (nSPS) is 12.4. The minimum absolute atomic E-state index is 0.265. The monoisotopic (exact) mass is 337 g/mol. The Hall–Kier alpha value is -2.72. The zero-order chi connectivity index (χ0) is 17.9. The molecule has 0 aliphatic carbocycles. The van der Waals surface area contributed by atoms with Crippen molar-refractivity contribution in [2.75, 3.05) is 0 Å². The Morgan fingerprint density at radius 1 is 0.960 bits per heavy atom. The topological polar surface area (TPSA) is 57.6 Å². The van der Waals surface area contributed by atoms with Crippen molar-refractivity contribution < 1.29 is 14.7 Å². The molecule has 1 atom stereocenters. The Labute approximate surface area is 148 Å². The van der Waals surface area contributed by atoms with E-state index in [9.17, 15) is 9.59 Å². The highest BCUT2D eigenvalue weighted by atomic mass is 16.4. The molecule has 0 spiro atoms. The van der Waals surface area contributed by atoms with Gasteiger partial charge in [-0.1, -0.05) is 66.7 Å². The van der Waals surface area contributed by atoms with E-state index in [1.165, 1.54) is 0 Å². The molecule has 0 fully saturated rings. The lowest BCUT2D eigenvalue weighted by atomic mass is 10.1. The number of carbonyl (C=O) groups is 2. The summed E-state index contributed by atoms with van der Waals surface area (Å²) in [6.07, 6.45) is 4.83. The Balaban J connectivity index is 2.10. The van der Waals surface area contributed by atoms with E-state index in [-0.39, 0.29) is 6.04 Å². The van der Waals surface area contributed by atoms with Gasteiger partial charge in [-0.25, -0.2) is 4.79 Å². The molecule has 0 aliphatic rings. The average Bonchev–Trinajstić information content (AvgIpc) is 2.63. The van der Waals surface area contributed by atoms with Crippen LogP contribution in [0.2, 0.25) is 0 Å². The molecule has 0 aromatic heterocycles. The summed E-state index contributed by atoms with van der Waals surface area (Å²) in [7, 11) is 0. The Kier molecular flexibility index (Phi) is 7.60.